The maximum Gasteiger partial charge on any atom is 0.224 e. The van der Waals surface area contributed by atoms with Gasteiger partial charge in [-0.25, -0.2) is 0 Å². The van der Waals surface area contributed by atoms with Crippen LogP contribution in [0.2, 0.25) is 0 Å². The molecule has 104 valence electrons. The van der Waals surface area contributed by atoms with Crippen molar-refractivity contribution < 1.29 is 9.59 Å². The van der Waals surface area contributed by atoms with Crippen molar-refractivity contribution in [1.29, 1.82) is 0 Å². The summed E-state index contributed by atoms with van der Waals surface area (Å²) in [5, 5.41) is 5.46. The topological polar surface area (TPSA) is 84.2 Å². The molecule has 0 heterocycles. The van der Waals surface area contributed by atoms with Gasteiger partial charge >= 0.3 is 0 Å². The van der Waals surface area contributed by atoms with Crippen molar-refractivity contribution in [2.45, 2.75) is 19.3 Å². The van der Waals surface area contributed by atoms with Crippen molar-refractivity contribution in [3.63, 3.8) is 0 Å². The van der Waals surface area contributed by atoms with E-state index in [2.05, 4.69) is 10.6 Å². The first kappa shape index (κ1) is 15.2. The van der Waals surface area contributed by atoms with E-state index in [9.17, 15) is 9.59 Å². The summed E-state index contributed by atoms with van der Waals surface area (Å²) in [6, 6.07) is 9.51. The second-order valence-electron chi connectivity index (χ2n) is 4.25. The van der Waals surface area contributed by atoms with Crippen LogP contribution in [0.25, 0.3) is 0 Å². The van der Waals surface area contributed by atoms with Crippen molar-refractivity contribution in [3.8, 4) is 0 Å². The molecular formula is C14H21N3O2. The largest absolute Gasteiger partial charge is 0.356 e. The number of hydrogen-bond acceptors (Lipinski definition) is 3. The minimum atomic E-state index is -0.0686. The van der Waals surface area contributed by atoms with E-state index in [4.69, 9.17) is 5.73 Å². The molecule has 0 aliphatic rings. The first-order chi connectivity index (χ1) is 9.22. The number of rotatable bonds is 8. The summed E-state index contributed by atoms with van der Waals surface area (Å²) in [4.78, 5) is 22.9. The molecule has 0 spiro atoms. The van der Waals surface area contributed by atoms with Crippen molar-refractivity contribution >= 4 is 11.8 Å². The van der Waals surface area contributed by atoms with Crippen molar-refractivity contribution in [2.75, 3.05) is 19.6 Å². The van der Waals surface area contributed by atoms with Gasteiger partial charge in [-0.15, -0.1) is 0 Å². The van der Waals surface area contributed by atoms with Gasteiger partial charge in [0.1, 0.15) is 0 Å². The SMILES string of the molecule is NCCCNC(=O)CCNC(=O)Cc1ccccc1. The average Bonchev–Trinajstić information content (AvgIpc) is 2.40. The monoisotopic (exact) mass is 263 g/mol. The molecule has 0 fully saturated rings. The number of nitrogens with two attached hydrogens (primary N) is 1. The smallest absolute Gasteiger partial charge is 0.224 e. The maximum atomic E-state index is 11.6. The lowest BCUT2D eigenvalue weighted by Gasteiger charge is -2.06. The highest BCUT2D eigenvalue weighted by atomic mass is 16.2. The molecule has 1 rings (SSSR count). The number of amides is 2. The number of carbonyl (C=O) groups is 2. The third-order valence-electron chi connectivity index (χ3n) is 2.58. The molecule has 0 aliphatic carbocycles. The molecule has 0 radical (unpaired) electrons. The molecule has 5 nitrogen and oxygen atoms in total. The summed E-state index contributed by atoms with van der Waals surface area (Å²) in [6.45, 7) is 1.52. The zero-order valence-corrected chi connectivity index (χ0v) is 11.0. The molecule has 2 amide bonds. The van der Waals surface area contributed by atoms with Crippen LogP contribution in [-0.4, -0.2) is 31.4 Å². The van der Waals surface area contributed by atoms with Gasteiger partial charge in [0.2, 0.25) is 11.8 Å². The van der Waals surface area contributed by atoms with Gasteiger partial charge in [0.15, 0.2) is 0 Å². The van der Waals surface area contributed by atoms with Gasteiger partial charge in [0, 0.05) is 19.5 Å². The number of hydrogen-bond donors (Lipinski definition) is 3. The third-order valence-corrected chi connectivity index (χ3v) is 2.58. The van der Waals surface area contributed by atoms with Crippen molar-refractivity contribution in [3.05, 3.63) is 35.9 Å². The second-order valence-corrected chi connectivity index (χ2v) is 4.25. The summed E-state index contributed by atoms with van der Waals surface area (Å²) in [5.74, 6) is -0.130. The zero-order chi connectivity index (χ0) is 13.9. The maximum absolute atomic E-state index is 11.6. The van der Waals surface area contributed by atoms with E-state index in [1.54, 1.807) is 0 Å². The second kappa shape index (κ2) is 9.10. The number of benzene rings is 1. The van der Waals surface area contributed by atoms with Crippen LogP contribution in [0.4, 0.5) is 0 Å². The van der Waals surface area contributed by atoms with E-state index < -0.39 is 0 Å². The minimum Gasteiger partial charge on any atom is -0.356 e. The van der Waals surface area contributed by atoms with Crippen LogP contribution in [0.15, 0.2) is 30.3 Å². The molecule has 1 aromatic rings. The van der Waals surface area contributed by atoms with E-state index in [1.807, 2.05) is 30.3 Å². The van der Waals surface area contributed by atoms with Crippen LogP contribution in [0.1, 0.15) is 18.4 Å². The van der Waals surface area contributed by atoms with Crippen LogP contribution in [0, 0.1) is 0 Å². The van der Waals surface area contributed by atoms with E-state index in [-0.39, 0.29) is 11.8 Å². The normalized spacial score (nSPS) is 9.95. The van der Waals surface area contributed by atoms with Gasteiger partial charge < -0.3 is 16.4 Å². The van der Waals surface area contributed by atoms with Crippen LogP contribution in [0.3, 0.4) is 0 Å². The van der Waals surface area contributed by atoms with Crippen molar-refractivity contribution in [1.82, 2.24) is 10.6 Å². The Morgan fingerprint density at radius 3 is 2.37 bits per heavy atom. The Balaban J connectivity index is 2.12. The molecule has 0 aromatic heterocycles. The van der Waals surface area contributed by atoms with Crippen LogP contribution >= 0.6 is 0 Å². The van der Waals surface area contributed by atoms with Gasteiger partial charge in [0.05, 0.1) is 6.42 Å². The van der Waals surface area contributed by atoms with Gasteiger partial charge in [0.25, 0.3) is 0 Å². The molecular weight excluding hydrogens is 242 g/mol. The highest BCUT2D eigenvalue weighted by Crippen LogP contribution is 1.98. The van der Waals surface area contributed by atoms with Crippen LogP contribution in [-0.2, 0) is 16.0 Å². The summed E-state index contributed by atoms with van der Waals surface area (Å²) in [7, 11) is 0. The Kier molecular flexibility index (Phi) is 7.27. The Bertz CT molecular complexity index is 393. The lowest BCUT2D eigenvalue weighted by atomic mass is 10.1. The Morgan fingerprint density at radius 2 is 1.68 bits per heavy atom. The predicted octanol–water partition coefficient (Wildman–Crippen LogP) is 0.200. The molecule has 0 saturated carbocycles. The first-order valence-electron chi connectivity index (χ1n) is 6.49. The minimum absolute atomic E-state index is 0.0616. The number of carbonyl (C=O) groups excluding carboxylic acids is 2. The zero-order valence-electron chi connectivity index (χ0n) is 11.0. The average molecular weight is 263 g/mol. The summed E-state index contributed by atoms with van der Waals surface area (Å²) in [6.07, 6.45) is 1.41. The number of nitrogens with one attached hydrogen (secondary N) is 2. The van der Waals surface area contributed by atoms with Gasteiger partial charge in [-0.3, -0.25) is 9.59 Å². The molecule has 4 N–H and O–H groups in total. The predicted molar refractivity (Wildman–Crippen MR) is 74.5 cm³/mol. The van der Waals surface area contributed by atoms with Gasteiger partial charge in [-0.05, 0) is 18.5 Å². The van der Waals surface area contributed by atoms with E-state index in [0.29, 0.717) is 32.5 Å². The van der Waals surface area contributed by atoms with Crippen LogP contribution < -0.4 is 16.4 Å². The highest BCUT2D eigenvalue weighted by Gasteiger charge is 2.04. The molecule has 0 atom stereocenters. The lowest BCUT2D eigenvalue weighted by molar-refractivity contribution is -0.122. The fourth-order valence-electron chi connectivity index (χ4n) is 1.58. The molecule has 0 saturated heterocycles. The Morgan fingerprint density at radius 1 is 1.00 bits per heavy atom. The summed E-state index contributed by atoms with van der Waals surface area (Å²) in [5.41, 5.74) is 6.28. The van der Waals surface area contributed by atoms with Crippen LogP contribution in [0.5, 0.6) is 0 Å². The molecule has 1 aromatic carbocycles. The quantitative estimate of drug-likeness (QED) is 0.586. The third kappa shape index (κ3) is 7.21. The van der Waals surface area contributed by atoms with E-state index in [0.717, 1.165) is 12.0 Å². The Labute approximate surface area is 113 Å². The standard InChI is InChI=1S/C14H21N3O2/c15-8-4-9-16-13(18)7-10-17-14(19)11-12-5-2-1-3-6-12/h1-3,5-6H,4,7-11,15H2,(H,16,18)(H,17,19). The fourth-order valence-corrected chi connectivity index (χ4v) is 1.58. The fraction of sp³-hybridized carbons (Fsp3) is 0.429. The summed E-state index contributed by atoms with van der Waals surface area (Å²) >= 11 is 0. The highest BCUT2D eigenvalue weighted by molar-refractivity contribution is 5.80. The van der Waals surface area contributed by atoms with Crippen molar-refractivity contribution in [2.24, 2.45) is 5.73 Å². The molecule has 5 heteroatoms. The molecule has 0 unspecified atom stereocenters. The lowest BCUT2D eigenvalue weighted by Crippen LogP contribution is -2.32. The summed E-state index contributed by atoms with van der Waals surface area (Å²) < 4.78 is 0. The van der Waals surface area contributed by atoms with E-state index >= 15 is 0 Å². The molecule has 0 aliphatic heterocycles. The molecule has 0 bridgehead atoms. The van der Waals surface area contributed by atoms with Gasteiger partial charge in [-0.1, -0.05) is 30.3 Å². The van der Waals surface area contributed by atoms with E-state index in [1.165, 1.54) is 0 Å². The van der Waals surface area contributed by atoms with Gasteiger partial charge in [-0.2, -0.15) is 0 Å². The first-order valence-corrected chi connectivity index (χ1v) is 6.49. The molecule has 19 heavy (non-hydrogen) atoms. The Hall–Kier alpha value is -1.88.